The molecule has 3 N–H and O–H groups in total. The molecule has 15 heteroatoms. The van der Waals surface area contributed by atoms with Gasteiger partial charge in [0.25, 0.3) is 5.91 Å². The van der Waals surface area contributed by atoms with Gasteiger partial charge in [-0.25, -0.2) is 13.2 Å². The molecule has 0 spiro atoms. The number of pyridine rings is 1. The Morgan fingerprint density at radius 3 is 2.40 bits per heavy atom. The molecule has 0 bridgehead atoms. The van der Waals surface area contributed by atoms with E-state index in [1.807, 2.05) is 42.5 Å². The minimum absolute atomic E-state index is 0.0978. The van der Waals surface area contributed by atoms with Crippen molar-refractivity contribution in [3.63, 3.8) is 0 Å². The van der Waals surface area contributed by atoms with Crippen LogP contribution < -0.4 is 5.32 Å². The van der Waals surface area contributed by atoms with E-state index in [0.717, 1.165) is 54.6 Å². The quantitative estimate of drug-likeness (QED) is 0.276. The maximum absolute atomic E-state index is 13.2. The summed E-state index contributed by atoms with van der Waals surface area (Å²) in [5.41, 5.74) is 5.24. The summed E-state index contributed by atoms with van der Waals surface area (Å²) in [6, 6.07) is 18.7. The van der Waals surface area contributed by atoms with Crippen LogP contribution in [0.3, 0.4) is 0 Å². The SMILES string of the molecule is N#Cc1ccc(CN2CCC(NC(=O)c3ccc4[nH]c5c(c4c3)CN(S(=O)(=O)c3cccnc3)CC5)CC2)cc1.O=C(O)C(F)(F)F. The summed E-state index contributed by atoms with van der Waals surface area (Å²) in [6.45, 7) is 3.23. The van der Waals surface area contributed by atoms with Gasteiger partial charge in [0.05, 0.1) is 11.6 Å². The first-order valence-corrected chi connectivity index (χ1v) is 16.1. The number of H-pyrrole nitrogens is 1. The number of alkyl halides is 3. The smallest absolute Gasteiger partial charge is 0.475 e. The fourth-order valence-electron chi connectivity index (χ4n) is 5.63. The zero-order chi connectivity index (χ0) is 33.8. The normalized spacial score (nSPS) is 16.0. The number of carboxylic acid groups (broad SMARTS) is 1. The molecule has 2 aromatic heterocycles. The number of rotatable bonds is 6. The highest BCUT2D eigenvalue weighted by molar-refractivity contribution is 7.89. The molecule has 11 nitrogen and oxygen atoms in total. The standard InChI is InChI=1S/C30H30N6O3S.C2HF3O2/c31-17-21-3-5-22(6-4-21)19-35-13-9-24(10-14-35)33-30(37)23-7-8-28-26(16-23)27-20-36(15-11-29(27)34-28)40(38,39)25-2-1-12-32-18-25;3-2(4,5)1(6)7/h1-8,12,16,18,24,34H,9-11,13-15,19-20H2,(H,33,37);(H,6,7). The number of benzene rings is 2. The highest BCUT2D eigenvalue weighted by Gasteiger charge is 2.38. The topological polar surface area (TPSA) is 159 Å². The largest absolute Gasteiger partial charge is 0.490 e. The molecule has 1 amide bonds. The molecule has 2 aliphatic heterocycles. The minimum Gasteiger partial charge on any atom is -0.475 e. The van der Waals surface area contributed by atoms with Crippen molar-refractivity contribution < 1.29 is 36.3 Å². The minimum atomic E-state index is -5.08. The van der Waals surface area contributed by atoms with Crippen LogP contribution in [0, 0.1) is 11.3 Å². The number of carboxylic acids is 1. The molecule has 0 saturated carbocycles. The van der Waals surface area contributed by atoms with Gasteiger partial charge in [0.15, 0.2) is 0 Å². The molecule has 0 atom stereocenters. The number of hydrogen-bond acceptors (Lipinski definition) is 7. The van der Waals surface area contributed by atoms with Crippen LogP contribution in [0.1, 0.15) is 45.6 Å². The van der Waals surface area contributed by atoms with Crippen LogP contribution in [0.5, 0.6) is 0 Å². The summed E-state index contributed by atoms with van der Waals surface area (Å²) in [7, 11) is -3.66. The third-order valence-corrected chi connectivity index (χ3v) is 9.96. The number of piperidine rings is 1. The van der Waals surface area contributed by atoms with E-state index in [9.17, 15) is 26.4 Å². The number of halogens is 3. The number of amides is 1. The number of aromatic nitrogens is 2. The van der Waals surface area contributed by atoms with E-state index in [2.05, 4.69) is 26.3 Å². The van der Waals surface area contributed by atoms with E-state index >= 15 is 0 Å². The lowest BCUT2D eigenvalue weighted by molar-refractivity contribution is -0.192. The molecule has 47 heavy (non-hydrogen) atoms. The molecule has 1 saturated heterocycles. The van der Waals surface area contributed by atoms with Crippen molar-refractivity contribution in [2.45, 2.75) is 49.5 Å². The van der Waals surface area contributed by atoms with Gasteiger partial charge >= 0.3 is 12.1 Å². The number of aliphatic carboxylic acids is 1. The number of fused-ring (bicyclic) bond motifs is 3. The third kappa shape index (κ3) is 7.97. The van der Waals surface area contributed by atoms with Crippen LogP contribution in [-0.2, 0) is 34.3 Å². The first-order chi connectivity index (χ1) is 22.3. The highest BCUT2D eigenvalue weighted by atomic mass is 32.2. The maximum Gasteiger partial charge on any atom is 0.490 e. The van der Waals surface area contributed by atoms with Crippen molar-refractivity contribution in [3.05, 3.63) is 94.9 Å². The Hall–Kier alpha value is -4.78. The van der Waals surface area contributed by atoms with Crippen LogP contribution in [0.2, 0.25) is 0 Å². The Morgan fingerprint density at radius 2 is 1.79 bits per heavy atom. The van der Waals surface area contributed by atoms with Crippen LogP contribution in [-0.4, -0.2) is 76.4 Å². The van der Waals surface area contributed by atoms with E-state index in [1.165, 1.54) is 16.1 Å². The predicted octanol–water partition coefficient (Wildman–Crippen LogP) is 4.21. The first kappa shape index (κ1) is 33.6. The monoisotopic (exact) mass is 668 g/mol. The number of nitrogens with one attached hydrogen (secondary N) is 2. The molecular formula is C32H31F3N6O5S. The number of likely N-dealkylation sites (tertiary alicyclic amines) is 1. The Kier molecular flexibility index (Phi) is 9.94. The van der Waals surface area contributed by atoms with Gasteiger partial charge in [0, 0.05) is 79.7 Å². The lowest BCUT2D eigenvalue weighted by Gasteiger charge is -2.32. The first-order valence-electron chi connectivity index (χ1n) is 14.7. The molecule has 0 unspecified atom stereocenters. The van der Waals surface area contributed by atoms with Gasteiger partial charge in [-0.2, -0.15) is 22.7 Å². The van der Waals surface area contributed by atoms with Gasteiger partial charge in [-0.3, -0.25) is 14.7 Å². The van der Waals surface area contributed by atoms with Crippen LogP contribution in [0.15, 0.2) is 71.9 Å². The molecule has 0 radical (unpaired) electrons. The highest BCUT2D eigenvalue weighted by Crippen LogP contribution is 2.31. The van der Waals surface area contributed by atoms with Crippen molar-refractivity contribution in [2.75, 3.05) is 19.6 Å². The van der Waals surface area contributed by atoms with Gasteiger partial charge in [-0.15, -0.1) is 0 Å². The second-order valence-corrected chi connectivity index (χ2v) is 13.2. The lowest BCUT2D eigenvalue weighted by Crippen LogP contribution is -2.44. The summed E-state index contributed by atoms with van der Waals surface area (Å²) in [5, 5.41) is 20.2. The molecule has 246 valence electrons. The van der Waals surface area contributed by atoms with E-state index < -0.39 is 22.2 Å². The number of carbonyl (C=O) groups excluding carboxylic acids is 1. The number of carbonyl (C=O) groups is 2. The second kappa shape index (κ2) is 13.9. The van der Waals surface area contributed by atoms with Crippen molar-refractivity contribution in [3.8, 4) is 6.07 Å². The molecule has 6 rings (SSSR count). The third-order valence-electron chi connectivity index (χ3n) is 8.13. The Morgan fingerprint density at radius 1 is 1.09 bits per heavy atom. The molecule has 4 aromatic rings. The van der Waals surface area contributed by atoms with Crippen LogP contribution in [0.4, 0.5) is 13.2 Å². The molecule has 4 heterocycles. The number of nitrogens with zero attached hydrogens (tertiary/aromatic N) is 4. The summed E-state index contributed by atoms with van der Waals surface area (Å²) in [5.74, 6) is -2.87. The summed E-state index contributed by atoms with van der Waals surface area (Å²) in [6.07, 6.45) is 0.155. The fourth-order valence-corrected chi connectivity index (χ4v) is 7.01. The number of aromatic amines is 1. The Balaban J connectivity index is 0.000000559. The van der Waals surface area contributed by atoms with Gasteiger partial charge in [0.2, 0.25) is 10.0 Å². The van der Waals surface area contributed by atoms with E-state index in [1.54, 1.807) is 18.3 Å². The van der Waals surface area contributed by atoms with Crippen molar-refractivity contribution in [1.82, 2.24) is 24.5 Å². The van der Waals surface area contributed by atoms with Crippen molar-refractivity contribution in [1.29, 1.82) is 5.26 Å². The molecular weight excluding hydrogens is 637 g/mol. The summed E-state index contributed by atoms with van der Waals surface area (Å²) in [4.78, 5) is 32.0. The lowest BCUT2D eigenvalue weighted by atomic mass is 10.0. The Bertz CT molecular complexity index is 1900. The fraction of sp³-hybridized carbons (Fsp3) is 0.312. The summed E-state index contributed by atoms with van der Waals surface area (Å²) < 4.78 is 59.6. The van der Waals surface area contributed by atoms with E-state index in [4.69, 9.17) is 15.2 Å². The Labute approximate surface area is 268 Å². The molecule has 2 aliphatic rings. The van der Waals surface area contributed by atoms with Gasteiger partial charge in [0.1, 0.15) is 4.90 Å². The van der Waals surface area contributed by atoms with E-state index in [0.29, 0.717) is 24.1 Å². The van der Waals surface area contributed by atoms with E-state index in [-0.39, 0.29) is 23.4 Å². The number of sulfonamides is 1. The molecule has 1 fully saturated rings. The predicted molar refractivity (Wildman–Crippen MR) is 164 cm³/mol. The average molecular weight is 669 g/mol. The van der Waals surface area contributed by atoms with Gasteiger partial charge < -0.3 is 15.4 Å². The maximum atomic E-state index is 13.2. The summed E-state index contributed by atoms with van der Waals surface area (Å²) >= 11 is 0. The van der Waals surface area contributed by atoms with Gasteiger partial charge in [-0.05, 0) is 66.4 Å². The zero-order valence-electron chi connectivity index (χ0n) is 25.0. The van der Waals surface area contributed by atoms with Crippen LogP contribution in [0.25, 0.3) is 10.9 Å². The average Bonchev–Trinajstić information content (AvgIpc) is 3.43. The van der Waals surface area contributed by atoms with Gasteiger partial charge in [-0.1, -0.05) is 12.1 Å². The number of nitriles is 1. The molecule has 2 aromatic carbocycles. The second-order valence-electron chi connectivity index (χ2n) is 11.3. The van der Waals surface area contributed by atoms with Crippen molar-refractivity contribution >= 4 is 32.8 Å². The number of hydrogen-bond donors (Lipinski definition) is 3. The zero-order valence-corrected chi connectivity index (χ0v) is 25.8. The van der Waals surface area contributed by atoms with Crippen molar-refractivity contribution in [2.24, 2.45) is 0 Å². The molecule has 0 aliphatic carbocycles. The van der Waals surface area contributed by atoms with Crippen LogP contribution >= 0.6 is 0 Å².